The smallest absolute Gasteiger partial charge is 0.330 e. The van der Waals surface area contributed by atoms with Gasteiger partial charge in [0.15, 0.2) is 0 Å². The molecule has 0 aromatic rings. The van der Waals surface area contributed by atoms with Gasteiger partial charge in [0.1, 0.15) is 23.9 Å². The van der Waals surface area contributed by atoms with Crippen molar-refractivity contribution in [3.63, 3.8) is 0 Å². The zero-order valence-corrected chi connectivity index (χ0v) is 9.16. The molecule has 0 bridgehead atoms. The fourth-order valence-electron chi connectivity index (χ4n) is 1.59. The van der Waals surface area contributed by atoms with E-state index in [4.69, 9.17) is 9.84 Å². The molecule has 1 aliphatic rings. The standard InChI is InChI=1S/C10H16O6/c1-10(4-3-7(12)15-2)9(14)8(13)6(5-11)16-10/h3-4,6,8-9,11,13-14H,5H2,1-2H3/t6-,8+,9?,10-/m1/s1. The Labute approximate surface area is 93.1 Å². The molecule has 16 heavy (non-hydrogen) atoms. The van der Waals surface area contributed by atoms with Crippen LogP contribution in [0.5, 0.6) is 0 Å². The van der Waals surface area contributed by atoms with E-state index in [2.05, 4.69) is 4.74 Å². The molecule has 4 atom stereocenters. The number of carbonyl (C=O) groups is 1. The molecule has 0 spiro atoms. The SMILES string of the molecule is COC(=O)C=C[C@@]1(C)O[C@H](CO)[C@H](O)C1O. The van der Waals surface area contributed by atoms with Crippen LogP contribution in [-0.4, -0.2) is 58.9 Å². The average Bonchev–Trinajstić information content (AvgIpc) is 2.51. The second-order valence-corrected chi connectivity index (χ2v) is 3.81. The average molecular weight is 232 g/mol. The van der Waals surface area contributed by atoms with Gasteiger partial charge in [0, 0.05) is 6.08 Å². The van der Waals surface area contributed by atoms with Crippen LogP contribution in [0, 0.1) is 0 Å². The van der Waals surface area contributed by atoms with E-state index >= 15 is 0 Å². The minimum absolute atomic E-state index is 0.403. The molecule has 0 amide bonds. The summed E-state index contributed by atoms with van der Waals surface area (Å²) in [5.41, 5.74) is -1.21. The summed E-state index contributed by atoms with van der Waals surface area (Å²) in [6.07, 6.45) is -0.830. The molecule has 92 valence electrons. The minimum atomic E-state index is -1.21. The predicted molar refractivity (Wildman–Crippen MR) is 53.5 cm³/mol. The lowest BCUT2D eigenvalue weighted by atomic mass is 9.96. The first-order valence-electron chi connectivity index (χ1n) is 4.86. The quantitative estimate of drug-likeness (QED) is 0.408. The van der Waals surface area contributed by atoms with Crippen LogP contribution in [0.15, 0.2) is 12.2 Å². The molecule has 6 heteroatoms. The first-order valence-corrected chi connectivity index (χ1v) is 4.86. The Hall–Kier alpha value is -0.950. The number of rotatable bonds is 3. The van der Waals surface area contributed by atoms with Gasteiger partial charge in [-0.05, 0) is 13.0 Å². The van der Waals surface area contributed by atoms with Gasteiger partial charge in [-0.25, -0.2) is 4.79 Å². The van der Waals surface area contributed by atoms with Crippen LogP contribution in [0.3, 0.4) is 0 Å². The lowest BCUT2D eigenvalue weighted by Crippen LogP contribution is -2.39. The molecule has 1 fully saturated rings. The third kappa shape index (κ3) is 2.41. The van der Waals surface area contributed by atoms with E-state index in [0.29, 0.717) is 0 Å². The summed E-state index contributed by atoms with van der Waals surface area (Å²) in [7, 11) is 1.23. The summed E-state index contributed by atoms with van der Waals surface area (Å²) in [6.45, 7) is 1.11. The topological polar surface area (TPSA) is 96.2 Å². The summed E-state index contributed by atoms with van der Waals surface area (Å²) in [5.74, 6) is -0.584. The molecule has 6 nitrogen and oxygen atoms in total. The molecule has 1 saturated heterocycles. The zero-order chi connectivity index (χ0) is 12.3. The van der Waals surface area contributed by atoms with E-state index in [-0.39, 0.29) is 0 Å². The molecule has 0 aromatic carbocycles. The Morgan fingerprint density at radius 3 is 2.62 bits per heavy atom. The third-order valence-corrected chi connectivity index (χ3v) is 2.63. The van der Waals surface area contributed by atoms with Crippen molar-refractivity contribution in [3.8, 4) is 0 Å². The van der Waals surface area contributed by atoms with Crippen LogP contribution in [0.4, 0.5) is 0 Å². The monoisotopic (exact) mass is 232 g/mol. The molecule has 1 aliphatic heterocycles. The number of aliphatic hydroxyl groups excluding tert-OH is 3. The number of carbonyl (C=O) groups excluding carboxylic acids is 1. The normalized spacial score (nSPS) is 39.2. The van der Waals surface area contributed by atoms with Gasteiger partial charge in [0.25, 0.3) is 0 Å². The van der Waals surface area contributed by atoms with Gasteiger partial charge in [-0.1, -0.05) is 0 Å². The summed E-state index contributed by atoms with van der Waals surface area (Å²) in [4.78, 5) is 10.9. The van der Waals surface area contributed by atoms with Crippen molar-refractivity contribution in [2.45, 2.75) is 30.8 Å². The van der Waals surface area contributed by atoms with Crippen molar-refractivity contribution in [2.24, 2.45) is 0 Å². The van der Waals surface area contributed by atoms with Gasteiger partial charge < -0.3 is 24.8 Å². The summed E-state index contributed by atoms with van der Waals surface area (Å²) >= 11 is 0. The molecular formula is C10H16O6. The molecule has 0 aliphatic carbocycles. The predicted octanol–water partition coefficient (Wildman–Crippen LogP) is -1.41. The molecular weight excluding hydrogens is 216 g/mol. The highest BCUT2D eigenvalue weighted by atomic mass is 16.6. The fraction of sp³-hybridized carbons (Fsp3) is 0.700. The second-order valence-electron chi connectivity index (χ2n) is 3.81. The highest BCUT2D eigenvalue weighted by Crippen LogP contribution is 2.32. The van der Waals surface area contributed by atoms with E-state index in [1.165, 1.54) is 20.1 Å². The zero-order valence-electron chi connectivity index (χ0n) is 9.16. The van der Waals surface area contributed by atoms with Crippen LogP contribution < -0.4 is 0 Å². The van der Waals surface area contributed by atoms with Crippen molar-refractivity contribution in [3.05, 3.63) is 12.2 Å². The van der Waals surface area contributed by atoms with Gasteiger partial charge in [0.05, 0.1) is 13.7 Å². The van der Waals surface area contributed by atoms with Gasteiger partial charge in [-0.3, -0.25) is 0 Å². The van der Waals surface area contributed by atoms with Crippen LogP contribution in [0.25, 0.3) is 0 Å². The molecule has 3 N–H and O–H groups in total. The number of ether oxygens (including phenoxy) is 2. The molecule has 1 heterocycles. The highest BCUT2D eigenvalue weighted by Gasteiger charge is 2.49. The Morgan fingerprint density at radius 2 is 2.19 bits per heavy atom. The summed E-state index contributed by atoms with van der Waals surface area (Å²) < 4.78 is 9.67. The van der Waals surface area contributed by atoms with Crippen LogP contribution in [0.2, 0.25) is 0 Å². The van der Waals surface area contributed by atoms with Crippen molar-refractivity contribution in [1.29, 1.82) is 0 Å². The maximum atomic E-state index is 10.9. The van der Waals surface area contributed by atoms with E-state index in [0.717, 1.165) is 6.08 Å². The minimum Gasteiger partial charge on any atom is -0.466 e. The second kappa shape index (κ2) is 4.92. The first-order chi connectivity index (χ1) is 7.44. The molecule has 0 radical (unpaired) electrons. The van der Waals surface area contributed by atoms with Crippen molar-refractivity contribution in [1.82, 2.24) is 0 Å². The van der Waals surface area contributed by atoms with E-state index < -0.39 is 36.5 Å². The highest BCUT2D eigenvalue weighted by molar-refractivity contribution is 5.82. The number of methoxy groups -OCH3 is 1. The van der Waals surface area contributed by atoms with E-state index in [1.807, 2.05) is 0 Å². The van der Waals surface area contributed by atoms with Crippen molar-refractivity contribution >= 4 is 5.97 Å². The Kier molecular flexibility index (Phi) is 4.03. The number of hydrogen-bond donors (Lipinski definition) is 3. The molecule has 1 rings (SSSR count). The Bertz CT molecular complexity index is 289. The molecule has 0 aromatic heterocycles. The lowest BCUT2D eigenvalue weighted by Gasteiger charge is -2.23. The van der Waals surface area contributed by atoms with Crippen molar-refractivity contribution < 1.29 is 29.6 Å². The van der Waals surface area contributed by atoms with Crippen molar-refractivity contribution in [2.75, 3.05) is 13.7 Å². The van der Waals surface area contributed by atoms with Gasteiger partial charge in [-0.2, -0.15) is 0 Å². The molecule has 0 saturated carbocycles. The summed E-state index contributed by atoms with van der Waals surface area (Å²) in [5, 5.41) is 28.1. The Balaban J connectivity index is 2.78. The Morgan fingerprint density at radius 1 is 1.56 bits per heavy atom. The third-order valence-electron chi connectivity index (χ3n) is 2.63. The number of esters is 1. The van der Waals surface area contributed by atoms with Gasteiger partial charge >= 0.3 is 5.97 Å². The maximum Gasteiger partial charge on any atom is 0.330 e. The number of aliphatic hydroxyl groups is 3. The van der Waals surface area contributed by atoms with Crippen LogP contribution in [-0.2, 0) is 14.3 Å². The lowest BCUT2D eigenvalue weighted by molar-refractivity contribution is -0.135. The largest absolute Gasteiger partial charge is 0.466 e. The van der Waals surface area contributed by atoms with Crippen LogP contribution >= 0.6 is 0 Å². The van der Waals surface area contributed by atoms with Gasteiger partial charge in [0.2, 0.25) is 0 Å². The first kappa shape index (κ1) is 13.1. The molecule has 1 unspecified atom stereocenters. The van der Waals surface area contributed by atoms with E-state index in [1.54, 1.807) is 0 Å². The fourth-order valence-corrected chi connectivity index (χ4v) is 1.59. The maximum absolute atomic E-state index is 10.9. The number of hydrogen-bond acceptors (Lipinski definition) is 6. The van der Waals surface area contributed by atoms with E-state index in [9.17, 15) is 15.0 Å². The van der Waals surface area contributed by atoms with Crippen LogP contribution in [0.1, 0.15) is 6.92 Å². The summed E-state index contributed by atoms with van der Waals surface area (Å²) in [6, 6.07) is 0. The van der Waals surface area contributed by atoms with Gasteiger partial charge in [-0.15, -0.1) is 0 Å².